The quantitative estimate of drug-likeness (QED) is 0.432. The molecule has 2 aliphatic rings. The Hall–Kier alpha value is -3.23. The van der Waals surface area contributed by atoms with E-state index in [0.717, 1.165) is 10.6 Å². The molecule has 2 saturated heterocycles. The third kappa shape index (κ3) is 5.89. The Morgan fingerprint density at radius 1 is 1.06 bits per heavy atom. The Labute approximate surface area is 209 Å². The smallest absolute Gasteiger partial charge is 0.322 e. The number of urea groups is 1. The second-order valence-electron chi connectivity index (χ2n) is 9.34. The van der Waals surface area contributed by atoms with Gasteiger partial charge in [-0.3, -0.25) is 24.7 Å². The summed E-state index contributed by atoms with van der Waals surface area (Å²) in [5.74, 6) is -0.936. The summed E-state index contributed by atoms with van der Waals surface area (Å²) < 4.78 is 0. The second-order valence-corrected chi connectivity index (χ2v) is 9.78. The molecular formula is C26H29ClN4O4. The molecule has 0 radical (unpaired) electrons. The van der Waals surface area contributed by atoms with Crippen molar-refractivity contribution in [3.63, 3.8) is 0 Å². The maximum atomic E-state index is 12.9. The lowest BCUT2D eigenvalue weighted by Gasteiger charge is -2.31. The van der Waals surface area contributed by atoms with Crippen LogP contribution in [0.5, 0.6) is 0 Å². The molecule has 0 aliphatic carbocycles. The molecule has 9 heteroatoms. The van der Waals surface area contributed by atoms with E-state index in [1.165, 1.54) is 0 Å². The number of ketones is 1. The Balaban J connectivity index is 1.25. The van der Waals surface area contributed by atoms with Crippen LogP contribution in [-0.2, 0) is 16.0 Å². The van der Waals surface area contributed by atoms with Crippen LogP contribution in [0.4, 0.5) is 4.79 Å². The fourth-order valence-corrected chi connectivity index (χ4v) is 4.69. The van der Waals surface area contributed by atoms with E-state index in [0.29, 0.717) is 49.4 Å². The number of aryl methyl sites for hydroxylation is 1. The standard InChI is InChI=1S/C26H29ClN4O4/c1-26(14-11-18-5-3-2-4-6-18)24(34)31(25(35)28-26)29-22(32)17-30-15-12-20(13-16-30)23(33)19-7-9-21(27)10-8-19/h2-10,20H,11-17H2,1H3,(H,28,35)(H,29,32). The van der Waals surface area contributed by atoms with E-state index in [4.69, 9.17) is 11.6 Å². The number of carbonyl (C=O) groups is 4. The Bertz CT molecular complexity index is 1100. The van der Waals surface area contributed by atoms with Gasteiger partial charge in [-0.15, -0.1) is 0 Å². The van der Waals surface area contributed by atoms with Crippen LogP contribution in [-0.4, -0.2) is 58.7 Å². The summed E-state index contributed by atoms with van der Waals surface area (Å²) in [6, 6.07) is 16.0. The van der Waals surface area contributed by atoms with E-state index in [1.54, 1.807) is 31.2 Å². The highest BCUT2D eigenvalue weighted by molar-refractivity contribution is 6.30. The molecular weight excluding hydrogens is 468 g/mol. The number of carbonyl (C=O) groups excluding carboxylic acids is 4. The first-order valence-electron chi connectivity index (χ1n) is 11.8. The molecule has 4 amide bonds. The number of hydrogen-bond donors (Lipinski definition) is 2. The largest absolute Gasteiger partial charge is 0.344 e. The molecule has 2 heterocycles. The topological polar surface area (TPSA) is 98.8 Å². The minimum atomic E-state index is -1.08. The molecule has 0 spiro atoms. The number of piperidine rings is 1. The Kier molecular flexibility index (Phi) is 7.52. The first kappa shape index (κ1) is 24.9. The van der Waals surface area contributed by atoms with Crippen molar-refractivity contribution in [3.8, 4) is 0 Å². The minimum absolute atomic E-state index is 0.0413. The molecule has 2 aromatic carbocycles. The minimum Gasteiger partial charge on any atom is -0.322 e. The predicted octanol–water partition coefficient (Wildman–Crippen LogP) is 3.21. The number of hydrazine groups is 1. The summed E-state index contributed by atoms with van der Waals surface area (Å²) in [6.07, 6.45) is 2.31. The fraction of sp³-hybridized carbons (Fsp3) is 0.385. The van der Waals surface area contributed by atoms with Crippen molar-refractivity contribution < 1.29 is 19.2 Å². The van der Waals surface area contributed by atoms with Gasteiger partial charge >= 0.3 is 6.03 Å². The van der Waals surface area contributed by atoms with Crippen molar-refractivity contribution >= 4 is 35.2 Å². The third-order valence-corrected chi connectivity index (χ3v) is 6.96. The summed E-state index contributed by atoms with van der Waals surface area (Å²) in [7, 11) is 0. The highest BCUT2D eigenvalue weighted by Gasteiger charge is 2.48. The second kappa shape index (κ2) is 10.6. The maximum Gasteiger partial charge on any atom is 0.344 e. The van der Waals surface area contributed by atoms with E-state index in [1.807, 2.05) is 35.2 Å². The molecule has 8 nitrogen and oxygen atoms in total. The van der Waals surface area contributed by atoms with Crippen molar-refractivity contribution in [2.45, 2.75) is 38.1 Å². The van der Waals surface area contributed by atoms with Gasteiger partial charge in [-0.2, -0.15) is 5.01 Å². The number of rotatable bonds is 8. The monoisotopic (exact) mass is 496 g/mol. The molecule has 0 saturated carbocycles. The molecule has 2 N–H and O–H groups in total. The lowest BCUT2D eigenvalue weighted by molar-refractivity contribution is -0.139. The van der Waals surface area contributed by atoms with E-state index in [2.05, 4.69) is 10.7 Å². The molecule has 35 heavy (non-hydrogen) atoms. The number of imide groups is 1. The molecule has 0 bridgehead atoms. The zero-order chi connectivity index (χ0) is 25.0. The Morgan fingerprint density at radius 3 is 2.37 bits per heavy atom. The number of halogens is 1. The number of nitrogens with one attached hydrogen (secondary N) is 2. The average Bonchev–Trinajstić information content (AvgIpc) is 3.07. The molecule has 1 unspecified atom stereocenters. The van der Waals surface area contributed by atoms with Gasteiger partial charge in [-0.25, -0.2) is 4.79 Å². The number of amides is 4. The summed E-state index contributed by atoms with van der Waals surface area (Å²) in [4.78, 5) is 52.6. The van der Waals surface area contributed by atoms with Gasteiger partial charge in [0.15, 0.2) is 5.78 Å². The zero-order valence-corrected chi connectivity index (χ0v) is 20.4. The van der Waals surface area contributed by atoms with Crippen LogP contribution < -0.4 is 10.7 Å². The molecule has 2 aliphatic heterocycles. The maximum absolute atomic E-state index is 12.9. The van der Waals surface area contributed by atoms with Crippen LogP contribution in [0.15, 0.2) is 54.6 Å². The number of nitrogens with zero attached hydrogens (tertiary/aromatic N) is 2. The predicted molar refractivity (Wildman–Crippen MR) is 132 cm³/mol. The lowest BCUT2D eigenvalue weighted by Crippen LogP contribution is -2.52. The van der Waals surface area contributed by atoms with Gasteiger partial charge in [0.2, 0.25) is 0 Å². The van der Waals surface area contributed by atoms with E-state index in [-0.39, 0.29) is 18.2 Å². The summed E-state index contributed by atoms with van der Waals surface area (Å²) >= 11 is 5.90. The van der Waals surface area contributed by atoms with Gasteiger partial charge in [0.1, 0.15) is 5.54 Å². The summed E-state index contributed by atoms with van der Waals surface area (Å²) in [6.45, 7) is 2.86. The summed E-state index contributed by atoms with van der Waals surface area (Å²) in [5.41, 5.74) is 3.08. The molecule has 2 aromatic rings. The van der Waals surface area contributed by atoms with Crippen molar-refractivity contribution in [1.82, 2.24) is 20.7 Å². The van der Waals surface area contributed by atoms with Crippen LogP contribution in [0.3, 0.4) is 0 Å². The Morgan fingerprint density at radius 2 is 1.71 bits per heavy atom. The van der Waals surface area contributed by atoms with Crippen molar-refractivity contribution in [1.29, 1.82) is 0 Å². The molecule has 4 rings (SSSR count). The number of hydrogen-bond acceptors (Lipinski definition) is 5. The molecule has 1 atom stereocenters. The van der Waals surface area contributed by atoms with Crippen LogP contribution >= 0.6 is 11.6 Å². The van der Waals surface area contributed by atoms with E-state index < -0.39 is 23.4 Å². The SMILES string of the molecule is CC1(CCc2ccccc2)NC(=O)N(NC(=O)CN2CCC(C(=O)c3ccc(Cl)cc3)CC2)C1=O. The van der Waals surface area contributed by atoms with Gasteiger partial charge in [0, 0.05) is 16.5 Å². The van der Waals surface area contributed by atoms with Crippen LogP contribution in [0.1, 0.15) is 42.1 Å². The number of Topliss-reactive ketones (excluding diaryl/α,β-unsaturated/α-hetero) is 1. The lowest BCUT2D eigenvalue weighted by atomic mass is 9.89. The molecule has 2 fully saturated rings. The molecule has 0 aromatic heterocycles. The average molecular weight is 497 g/mol. The highest BCUT2D eigenvalue weighted by atomic mass is 35.5. The molecule has 184 valence electrons. The van der Waals surface area contributed by atoms with Gasteiger partial charge in [-0.1, -0.05) is 41.9 Å². The third-order valence-electron chi connectivity index (χ3n) is 6.71. The fourth-order valence-electron chi connectivity index (χ4n) is 4.56. The van der Waals surface area contributed by atoms with Crippen molar-refractivity contribution in [3.05, 3.63) is 70.7 Å². The zero-order valence-electron chi connectivity index (χ0n) is 19.6. The van der Waals surface area contributed by atoms with Gasteiger partial charge in [-0.05, 0) is 75.5 Å². The van der Waals surface area contributed by atoms with Crippen molar-refractivity contribution in [2.75, 3.05) is 19.6 Å². The first-order chi connectivity index (χ1) is 16.7. The highest BCUT2D eigenvalue weighted by Crippen LogP contribution is 2.24. The van der Waals surface area contributed by atoms with Gasteiger partial charge in [0.25, 0.3) is 11.8 Å². The number of likely N-dealkylation sites (tertiary alicyclic amines) is 1. The summed E-state index contributed by atoms with van der Waals surface area (Å²) in [5, 5.41) is 4.08. The van der Waals surface area contributed by atoms with Crippen LogP contribution in [0, 0.1) is 5.92 Å². The van der Waals surface area contributed by atoms with Crippen molar-refractivity contribution in [2.24, 2.45) is 5.92 Å². The van der Waals surface area contributed by atoms with E-state index in [9.17, 15) is 19.2 Å². The van der Waals surface area contributed by atoms with Gasteiger partial charge < -0.3 is 5.32 Å². The number of benzene rings is 2. The van der Waals surface area contributed by atoms with E-state index >= 15 is 0 Å². The van der Waals surface area contributed by atoms with Crippen LogP contribution in [0.2, 0.25) is 5.02 Å². The normalized spacial score (nSPS) is 21.1. The van der Waals surface area contributed by atoms with Crippen LogP contribution in [0.25, 0.3) is 0 Å². The first-order valence-corrected chi connectivity index (χ1v) is 12.2. The van der Waals surface area contributed by atoms with Gasteiger partial charge in [0.05, 0.1) is 6.54 Å².